The Morgan fingerprint density at radius 1 is 1.23 bits per heavy atom. The molecule has 0 spiro atoms. The fraction of sp³-hybridized carbons (Fsp3) is 0.333. The molecule has 0 bridgehead atoms. The molecule has 1 N–H and O–H groups in total. The monoisotopic (exact) mass is 478 g/mol. The summed E-state index contributed by atoms with van der Waals surface area (Å²) in [5.74, 6) is 0.282. The van der Waals surface area contributed by atoms with E-state index >= 15 is 0 Å². The number of hydrogen-bond acceptors (Lipinski definition) is 6. The van der Waals surface area contributed by atoms with Gasteiger partial charge in [-0.3, -0.25) is 9.59 Å². The number of amides is 2. The number of ether oxygens (including phenoxy) is 3. The molecule has 3 aromatic rings. The van der Waals surface area contributed by atoms with Gasteiger partial charge in [-0.15, -0.1) is 0 Å². The van der Waals surface area contributed by atoms with Crippen LogP contribution in [0, 0.1) is 0 Å². The van der Waals surface area contributed by atoms with Crippen molar-refractivity contribution in [3.8, 4) is 11.5 Å². The number of nitrogens with zero attached hydrogens (tertiary/aromatic N) is 1. The van der Waals surface area contributed by atoms with E-state index in [4.69, 9.17) is 18.6 Å². The third kappa shape index (κ3) is 4.49. The van der Waals surface area contributed by atoms with Crippen molar-refractivity contribution < 1.29 is 28.2 Å². The molecule has 8 nitrogen and oxygen atoms in total. The van der Waals surface area contributed by atoms with E-state index in [9.17, 15) is 9.59 Å². The second-order valence-corrected chi connectivity index (χ2v) is 8.76. The lowest BCUT2D eigenvalue weighted by molar-refractivity contribution is -0.133. The van der Waals surface area contributed by atoms with Crippen molar-refractivity contribution in [2.24, 2.45) is 0 Å². The van der Waals surface area contributed by atoms with Gasteiger partial charge in [-0.05, 0) is 37.6 Å². The number of allylic oxidation sites excluding steroid dienone is 1. The maximum Gasteiger partial charge on any atom is 0.294 e. The summed E-state index contributed by atoms with van der Waals surface area (Å²) in [4.78, 5) is 28.7. The molecule has 2 aromatic carbocycles. The Labute approximate surface area is 204 Å². The van der Waals surface area contributed by atoms with Gasteiger partial charge in [-0.25, -0.2) is 0 Å². The first-order valence-electron chi connectivity index (χ1n) is 11.4. The van der Waals surface area contributed by atoms with Crippen molar-refractivity contribution in [3.63, 3.8) is 0 Å². The van der Waals surface area contributed by atoms with E-state index in [1.807, 2.05) is 49.4 Å². The third-order valence-corrected chi connectivity index (χ3v) is 6.31. The Hall–Kier alpha value is -3.78. The van der Waals surface area contributed by atoms with Gasteiger partial charge in [0.15, 0.2) is 11.3 Å². The Bertz CT molecular complexity index is 1280. The Balaban J connectivity index is 1.66. The Kier molecular flexibility index (Phi) is 6.84. The SMILES string of the molecule is C=C(C)c1ccc2c3c(oc2c1)C(=O)N(CCOC)C(C)(C(=O)NCc1ccccc1OC)CO3. The van der Waals surface area contributed by atoms with Crippen molar-refractivity contribution in [3.05, 3.63) is 65.9 Å². The van der Waals surface area contributed by atoms with Gasteiger partial charge in [0.25, 0.3) is 5.91 Å². The number of carbonyl (C=O) groups is 2. The van der Waals surface area contributed by atoms with Crippen molar-refractivity contribution in [2.45, 2.75) is 25.9 Å². The van der Waals surface area contributed by atoms with Crippen LogP contribution in [0.1, 0.15) is 35.5 Å². The summed E-state index contributed by atoms with van der Waals surface area (Å²) in [7, 11) is 3.13. The molecule has 184 valence electrons. The molecule has 1 aliphatic rings. The van der Waals surface area contributed by atoms with Crippen LogP contribution in [0.2, 0.25) is 0 Å². The van der Waals surface area contributed by atoms with Gasteiger partial charge >= 0.3 is 0 Å². The van der Waals surface area contributed by atoms with Crippen molar-refractivity contribution in [2.75, 3.05) is 34.0 Å². The van der Waals surface area contributed by atoms with Crippen LogP contribution in [-0.4, -0.2) is 56.2 Å². The lowest BCUT2D eigenvalue weighted by Crippen LogP contribution is -2.61. The minimum atomic E-state index is -1.30. The van der Waals surface area contributed by atoms with Crippen LogP contribution in [0.5, 0.6) is 11.5 Å². The number of para-hydroxylation sites is 1. The fourth-order valence-electron chi connectivity index (χ4n) is 4.19. The fourth-order valence-corrected chi connectivity index (χ4v) is 4.19. The van der Waals surface area contributed by atoms with Gasteiger partial charge in [0.05, 0.1) is 19.1 Å². The second-order valence-electron chi connectivity index (χ2n) is 8.76. The first kappa shape index (κ1) is 24.3. The largest absolute Gasteiger partial charge is 0.496 e. The van der Waals surface area contributed by atoms with Crippen LogP contribution in [0.3, 0.4) is 0 Å². The van der Waals surface area contributed by atoms with Crippen LogP contribution in [-0.2, 0) is 16.1 Å². The molecule has 2 amide bonds. The number of benzene rings is 2. The van der Waals surface area contributed by atoms with E-state index in [2.05, 4.69) is 11.9 Å². The summed E-state index contributed by atoms with van der Waals surface area (Å²) in [5, 5.41) is 3.61. The van der Waals surface area contributed by atoms with Crippen LogP contribution in [0.25, 0.3) is 16.5 Å². The van der Waals surface area contributed by atoms with Crippen LogP contribution in [0.15, 0.2) is 53.5 Å². The second kappa shape index (κ2) is 9.84. The van der Waals surface area contributed by atoms with Gasteiger partial charge in [0, 0.05) is 25.8 Å². The van der Waals surface area contributed by atoms with E-state index in [1.54, 1.807) is 21.1 Å². The lowest BCUT2D eigenvalue weighted by atomic mass is 9.99. The summed E-state index contributed by atoms with van der Waals surface area (Å²) in [6, 6.07) is 13.0. The van der Waals surface area contributed by atoms with E-state index in [0.717, 1.165) is 16.7 Å². The highest BCUT2D eigenvalue weighted by Crippen LogP contribution is 2.39. The molecule has 0 saturated carbocycles. The number of fused-ring (bicyclic) bond motifs is 3. The van der Waals surface area contributed by atoms with Crippen LogP contribution < -0.4 is 14.8 Å². The van der Waals surface area contributed by atoms with Crippen LogP contribution >= 0.6 is 0 Å². The average molecular weight is 479 g/mol. The topological polar surface area (TPSA) is 90.2 Å². The number of nitrogens with one attached hydrogen (secondary N) is 1. The lowest BCUT2D eigenvalue weighted by Gasteiger charge is -2.37. The van der Waals surface area contributed by atoms with Gasteiger partial charge in [0.2, 0.25) is 11.7 Å². The molecule has 1 aromatic heterocycles. The maximum absolute atomic E-state index is 13.7. The Morgan fingerprint density at radius 3 is 2.71 bits per heavy atom. The summed E-state index contributed by atoms with van der Waals surface area (Å²) in [6.45, 7) is 8.17. The van der Waals surface area contributed by atoms with E-state index < -0.39 is 11.4 Å². The number of carbonyl (C=O) groups excluding carboxylic acids is 2. The van der Waals surface area contributed by atoms with Gasteiger partial charge in [0.1, 0.15) is 17.9 Å². The zero-order valence-electron chi connectivity index (χ0n) is 20.5. The molecule has 2 heterocycles. The van der Waals surface area contributed by atoms with Crippen molar-refractivity contribution in [1.29, 1.82) is 0 Å². The smallest absolute Gasteiger partial charge is 0.294 e. The van der Waals surface area contributed by atoms with Crippen molar-refractivity contribution >= 4 is 28.4 Å². The highest BCUT2D eigenvalue weighted by molar-refractivity contribution is 6.05. The molecule has 4 rings (SSSR count). The van der Waals surface area contributed by atoms with Gasteiger partial charge in [-0.2, -0.15) is 0 Å². The van der Waals surface area contributed by atoms with Gasteiger partial charge < -0.3 is 28.8 Å². The number of rotatable bonds is 8. The molecule has 8 heteroatoms. The number of furan rings is 1. The Morgan fingerprint density at radius 2 is 2.00 bits per heavy atom. The molecule has 0 fully saturated rings. The van der Waals surface area contributed by atoms with E-state index in [-0.39, 0.29) is 38.0 Å². The first-order chi connectivity index (χ1) is 16.8. The maximum atomic E-state index is 13.7. The average Bonchev–Trinajstić information content (AvgIpc) is 3.19. The predicted molar refractivity (Wildman–Crippen MR) is 133 cm³/mol. The van der Waals surface area contributed by atoms with Crippen molar-refractivity contribution in [1.82, 2.24) is 10.2 Å². The highest BCUT2D eigenvalue weighted by Gasteiger charge is 2.47. The zero-order valence-corrected chi connectivity index (χ0v) is 20.5. The zero-order chi connectivity index (χ0) is 25.2. The molecular formula is C27H30N2O6. The summed E-state index contributed by atoms with van der Waals surface area (Å²) in [5.41, 5.74) is 1.84. The first-order valence-corrected chi connectivity index (χ1v) is 11.4. The molecule has 0 saturated heterocycles. The standard InChI is InChI=1S/C27H30N2O6/c1-17(2)18-10-11-20-22(14-18)35-24-23(20)34-16-27(3,29(25(24)30)12-13-32-4)26(31)28-15-19-8-6-7-9-21(19)33-5/h6-11,14H,1,12-13,15-16H2,2-5H3,(H,28,31). The number of hydrogen-bond donors (Lipinski definition) is 1. The quantitative estimate of drug-likeness (QED) is 0.526. The molecule has 0 radical (unpaired) electrons. The molecule has 1 unspecified atom stereocenters. The predicted octanol–water partition coefficient (Wildman–Crippen LogP) is 4.03. The van der Waals surface area contributed by atoms with E-state index in [1.165, 1.54) is 4.90 Å². The molecule has 1 aliphatic heterocycles. The minimum Gasteiger partial charge on any atom is -0.496 e. The normalized spacial score (nSPS) is 17.5. The van der Waals surface area contributed by atoms with E-state index in [0.29, 0.717) is 22.5 Å². The van der Waals surface area contributed by atoms with Gasteiger partial charge in [-0.1, -0.05) is 36.4 Å². The number of methoxy groups -OCH3 is 2. The summed E-state index contributed by atoms with van der Waals surface area (Å²) >= 11 is 0. The highest BCUT2D eigenvalue weighted by atomic mass is 16.5. The molecule has 35 heavy (non-hydrogen) atoms. The molecule has 1 atom stereocenters. The summed E-state index contributed by atoms with van der Waals surface area (Å²) < 4.78 is 22.7. The molecular weight excluding hydrogens is 448 g/mol. The third-order valence-electron chi connectivity index (χ3n) is 6.31. The van der Waals surface area contributed by atoms with Crippen LogP contribution in [0.4, 0.5) is 0 Å². The summed E-state index contributed by atoms with van der Waals surface area (Å²) in [6.07, 6.45) is 0. The molecule has 0 aliphatic carbocycles. The minimum absolute atomic E-state index is 0.0515.